The van der Waals surface area contributed by atoms with Gasteiger partial charge in [-0.2, -0.15) is 0 Å². The Bertz CT molecular complexity index is 4520. The Morgan fingerprint density at radius 3 is 2.14 bits per heavy atom. The van der Waals surface area contributed by atoms with E-state index in [4.69, 9.17) is 18.6 Å². The molecule has 1 atom stereocenters. The number of aromatic nitrogens is 3. The van der Waals surface area contributed by atoms with Crippen LogP contribution in [0.15, 0.2) is 178 Å². The number of carbonyl (C=O) groups is 4. The second-order valence-electron chi connectivity index (χ2n) is 23.0. The third-order valence-corrected chi connectivity index (χ3v) is 19.2. The van der Waals surface area contributed by atoms with E-state index in [1.165, 1.54) is 12.1 Å². The van der Waals surface area contributed by atoms with Gasteiger partial charge in [-0.1, -0.05) is 78.0 Å². The van der Waals surface area contributed by atoms with Crippen molar-refractivity contribution in [3.8, 4) is 33.6 Å². The lowest BCUT2D eigenvalue weighted by Crippen LogP contribution is -2.32. The third kappa shape index (κ3) is 17.8. The van der Waals surface area contributed by atoms with Gasteiger partial charge in [-0.25, -0.2) is 30.8 Å². The number of ether oxygens (including phenoxy) is 3. The van der Waals surface area contributed by atoms with Crippen LogP contribution in [0, 0.1) is 0 Å². The van der Waals surface area contributed by atoms with E-state index in [-0.39, 0.29) is 94.2 Å². The minimum atomic E-state index is -5.22. The first-order chi connectivity index (χ1) is 47.0. The summed E-state index contributed by atoms with van der Waals surface area (Å²) < 4.78 is 95.8. The molecule has 1 aromatic heterocycles. The number of hydrogen-bond donors (Lipinski definition) is 4. The van der Waals surface area contributed by atoms with Crippen molar-refractivity contribution >= 4 is 71.8 Å². The largest absolute Gasteiger partial charge is 0.744 e. The zero-order valence-corrected chi connectivity index (χ0v) is 56.3. The van der Waals surface area contributed by atoms with Crippen LogP contribution in [0.4, 0.5) is 17.1 Å². The Labute approximate surface area is 564 Å². The van der Waals surface area contributed by atoms with Crippen LogP contribution in [-0.4, -0.2) is 139 Å². The summed E-state index contributed by atoms with van der Waals surface area (Å²) >= 11 is 0. The molecule has 0 saturated carbocycles. The van der Waals surface area contributed by atoms with Crippen LogP contribution in [0.25, 0.3) is 44.5 Å². The van der Waals surface area contributed by atoms with Gasteiger partial charge >= 0.3 is 0 Å². The number of fused-ring (bicyclic) bond motifs is 3. The minimum absolute atomic E-state index is 0.0259. The maximum absolute atomic E-state index is 14.1. The molecule has 97 heavy (non-hydrogen) atoms. The predicted octanol–water partition coefficient (Wildman–Crippen LogP) is 9.00. The van der Waals surface area contributed by atoms with Gasteiger partial charge in [0.2, 0.25) is 27.2 Å². The third-order valence-electron chi connectivity index (χ3n) is 16.8. The van der Waals surface area contributed by atoms with Crippen molar-refractivity contribution in [2.24, 2.45) is 0 Å². The summed E-state index contributed by atoms with van der Waals surface area (Å²) in [5, 5.41) is 18.5. The Balaban J connectivity index is 0.612. The van der Waals surface area contributed by atoms with Crippen LogP contribution < -0.4 is 40.4 Å². The summed E-state index contributed by atoms with van der Waals surface area (Å²) in [6.45, 7) is 13.0. The molecule has 23 nitrogen and oxygen atoms in total. The molecule has 0 spiro atoms. The molecule has 0 radical (unpaired) electrons. The molecule has 25 heteroatoms. The SMILES string of the molecule is CCN(CC)c1ccc2c(-c3ccc(S(=O)(=O)NCCOCCOCCOCCn4cc(CNC(=O)CCC(=O)NC5CCCN(C(=O)c6ccc(NC(=O)c7ccccc7-c7ccccc7)cc6)c6ccccc65)nn4)cc3S(=O)(=O)[O-])c3ccc(=[N+](CC)CC)cc-3oc2c1. The Morgan fingerprint density at radius 1 is 0.711 bits per heavy atom. The molecule has 3 aliphatic rings. The summed E-state index contributed by atoms with van der Waals surface area (Å²) in [6, 6.07) is 45.8. The first kappa shape index (κ1) is 70.3. The lowest BCUT2D eigenvalue weighted by atomic mass is 9.93. The molecule has 0 saturated heterocycles. The predicted molar refractivity (Wildman–Crippen MR) is 369 cm³/mol. The maximum Gasteiger partial charge on any atom is 0.258 e. The van der Waals surface area contributed by atoms with E-state index in [1.807, 2.05) is 137 Å². The zero-order chi connectivity index (χ0) is 68.5. The number of benzene rings is 7. The average Bonchev–Trinajstić information content (AvgIpc) is 1.06. The van der Waals surface area contributed by atoms with Crippen molar-refractivity contribution in [3.05, 3.63) is 192 Å². The second kappa shape index (κ2) is 33.0. The molecule has 7 aromatic rings. The van der Waals surface area contributed by atoms with Gasteiger partial charge in [0.25, 0.3) is 11.8 Å². The van der Waals surface area contributed by atoms with Gasteiger partial charge in [-0.3, -0.25) is 19.2 Å². The fourth-order valence-corrected chi connectivity index (χ4v) is 13.7. The van der Waals surface area contributed by atoms with Gasteiger partial charge in [-0.15, -0.1) is 5.10 Å². The fraction of sp³-hybridized carbons (Fsp3) is 0.319. The summed E-state index contributed by atoms with van der Waals surface area (Å²) in [5.41, 5.74) is 7.61. The minimum Gasteiger partial charge on any atom is -0.744 e. The fourth-order valence-electron chi connectivity index (χ4n) is 11.9. The van der Waals surface area contributed by atoms with Crippen LogP contribution in [-0.2, 0) is 57.0 Å². The summed E-state index contributed by atoms with van der Waals surface area (Å²) in [4.78, 5) is 56.5. The van der Waals surface area contributed by atoms with Crippen LogP contribution in [0.5, 0.6) is 0 Å². The van der Waals surface area contributed by atoms with Crippen molar-refractivity contribution in [3.63, 3.8) is 0 Å². The van der Waals surface area contributed by atoms with Gasteiger partial charge in [0.15, 0.2) is 0 Å². The molecular weight excluding hydrogens is 1280 g/mol. The summed E-state index contributed by atoms with van der Waals surface area (Å²) in [6.07, 6.45) is 2.76. The Hall–Kier alpha value is -9.47. The number of anilines is 3. The zero-order valence-electron chi connectivity index (χ0n) is 54.7. The number of carbonyl (C=O) groups excluding carboxylic acids is 4. The molecule has 0 bridgehead atoms. The highest BCUT2D eigenvalue weighted by Crippen LogP contribution is 2.44. The monoisotopic (exact) mass is 1360 g/mol. The molecule has 1 aliphatic carbocycles. The van der Waals surface area contributed by atoms with Crippen molar-refractivity contribution in [2.45, 2.75) is 82.3 Å². The van der Waals surface area contributed by atoms with Gasteiger partial charge in [-0.05, 0) is 124 Å². The van der Waals surface area contributed by atoms with Gasteiger partial charge < -0.3 is 48.9 Å². The van der Waals surface area contributed by atoms with E-state index in [0.29, 0.717) is 88.6 Å². The van der Waals surface area contributed by atoms with Crippen LogP contribution in [0.1, 0.15) is 91.4 Å². The number of nitrogens with one attached hydrogen (secondary N) is 4. The summed E-state index contributed by atoms with van der Waals surface area (Å²) in [7, 11) is -9.52. The number of rotatable bonds is 31. The molecule has 4 amide bonds. The van der Waals surface area contributed by atoms with E-state index >= 15 is 0 Å². The Kier molecular flexibility index (Phi) is 23.9. The first-order valence-electron chi connectivity index (χ1n) is 32.5. The lowest BCUT2D eigenvalue weighted by molar-refractivity contribution is -0.127. The van der Waals surface area contributed by atoms with Crippen molar-refractivity contribution in [1.29, 1.82) is 0 Å². The highest BCUT2D eigenvalue weighted by atomic mass is 32.2. The van der Waals surface area contributed by atoms with Gasteiger partial charge in [0.1, 0.15) is 40.2 Å². The lowest BCUT2D eigenvalue weighted by Gasteiger charge is -2.24. The molecule has 508 valence electrons. The highest BCUT2D eigenvalue weighted by molar-refractivity contribution is 7.89. The molecule has 1 unspecified atom stereocenters. The number of nitrogens with zero attached hydrogens (tertiary/aromatic N) is 6. The quantitative estimate of drug-likeness (QED) is 0.0136. The van der Waals surface area contributed by atoms with E-state index in [1.54, 1.807) is 46.1 Å². The van der Waals surface area contributed by atoms with Crippen LogP contribution >= 0.6 is 0 Å². The maximum atomic E-state index is 14.1. The van der Waals surface area contributed by atoms with E-state index < -0.39 is 29.9 Å². The topological polar surface area (TPSA) is 289 Å². The molecule has 4 N–H and O–H groups in total. The molecule has 0 fully saturated rings. The second-order valence-corrected chi connectivity index (χ2v) is 26.1. The van der Waals surface area contributed by atoms with Gasteiger partial charge in [0, 0.05) is 101 Å². The van der Waals surface area contributed by atoms with Crippen molar-refractivity contribution in [2.75, 3.05) is 94.0 Å². The van der Waals surface area contributed by atoms with E-state index in [2.05, 4.69) is 40.5 Å². The van der Waals surface area contributed by atoms with Crippen LogP contribution in [0.2, 0.25) is 0 Å². The smallest absolute Gasteiger partial charge is 0.258 e. The van der Waals surface area contributed by atoms with Crippen molar-refractivity contribution < 1.29 is 59.2 Å². The number of amides is 4. The number of sulfonamides is 1. The van der Waals surface area contributed by atoms with E-state index in [9.17, 15) is 40.6 Å². The molecule has 6 aromatic carbocycles. The summed E-state index contributed by atoms with van der Waals surface area (Å²) in [5.74, 6) is -0.655. The molecule has 3 heterocycles. The standard InChI is InChI=1S/C72H80N10O13S2/c1-5-79(6-2)54-28-31-60-65(45-54)95-66-46-55(80(7-3)8-4)29-32-61(66)70(60)62-33-30-56(47-67(62)97(89,90)91)96(87,88)74-36-39-92-41-43-94-44-42-93-40-38-81-49-53(77-78-81)48-73-68(83)34-35-69(84)76-63-22-16-37-82(64-23-15-14-21-59(63)64)72(86)51-24-26-52(27-25-51)75-71(85)58-20-13-12-19-57(58)50-17-10-9-11-18-50/h9-15,17-21,23-33,45-47,49,63,74H,5-8,16,22,34-44,48H2,1-4H3,(H3-,73,75,76,83,84,85,86,89,90,91). The highest BCUT2D eigenvalue weighted by Gasteiger charge is 2.30. The molecule has 10 rings (SSSR count). The number of para-hydroxylation sites is 1. The average molecular weight is 1360 g/mol. The number of hydrogen-bond acceptors (Lipinski definition) is 16. The normalized spacial score (nSPS) is 13.2. The Morgan fingerprint density at radius 2 is 1.40 bits per heavy atom. The van der Waals surface area contributed by atoms with Crippen LogP contribution in [0.3, 0.4) is 0 Å². The van der Waals surface area contributed by atoms with E-state index in [0.717, 1.165) is 60.0 Å². The first-order valence-corrected chi connectivity index (χ1v) is 35.4. The van der Waals surface area contributed by atoms with Crippen molar-refractivity contribution in [1.82, 2.24) is 34.9 Å². The molecule has 2 aliphatic heterocycles. The molecular formula is C72H80N10O13S2. The van der Waals surface area contributed by atoms with Gasteiger partial charge in [0.05, 0.1) is 80.8 Å².